The van der Waals surface area contributed by atoms with Crippen molar-refractivity contribution in [1.29, 1.82) is 0 Å². The normalized spacial score (nSPS) is 22.0. The zero-order valence-electron chi connectivity index (χ0n) is 24.4. The molecule has 1 aromatic carbocycles. The number of amides is 2. The Balaban J connectivity index is 1.13. The number of hydrogen-bond acceptors (Lipinski definition) is 10. The first-order chi connectivity index (χ1) is 21.7. The number of β-lactam (4-membered cyclic amide) rings is 1. The van der Waals surface area contributed by atoms with Crippen LogP contribution >= 0.6 is 23.5 Å². The van der Waals surface area contributed by atoms with Crippen LogP contribution in [0, 0.1) is 5.82 Å². The molecule has 0 radical (unpaired) electrons. The summed E-state index contributed by atoms with van der Waals surface area (Å²) >= 11 is 2.67. The average molecular weight is 655 g/mol. The van der Waals surface area contributed by atoms with Gasteiger partial charge in [-0.15, -0.1) is 28.6 Å². The van der Waals surface area contributed by atoms with E-state index in [0.717, 1.165) is 32.5 Å². The zero-order chi connectivity index (χ0) is 31.4. The van der Waals surface area contributed by atoms with E-state index in [9.17, 15) is 24.3 Å². The number of piperazine rings is 1. The molecule has 13 nitrogen and oxygen atoms in total. The molecule has 45 heavy (non-hydrogen) atoms. The largest absolute Gasteiger partial charge is 0.477 e. The molecule has 3 N–H and O–H groups in total. The van der Waals surface area contributed by atoms with Gasteiger partial charge in [-0.3, -0.25) is 24.4 Å². The number of rotatable bonds is 9. The Kier molecular flexibility index (Phi) is 7.81. The van der Waals surface area contributed by atoms with E-state index < -0.39 is 40.4 Å². The van der Waals surface area contributed by atoms with Gasteiger partial charge in [-0.25, -0.2) is 9.18 Å². The number of pyridine rings is 1. The minimum atomic E-state index is -1.23. The van der Waals surface area contributed by atoms with Gasteiger partial charge in [0.05, 0.1) is 17.4 Å². The number of nitrogens with one attached hydrogen (secondary N) is 2. The van der Waals surface area contributed by atoms with Crippen molar-refractivity contribution >= 4 is 57.9 Å². The highest BCUT2D eigenvalue weighted by Gasteiger charge is 2.54. The van der Waals surface area contributed by atoms with Crippen LogP contribution in [0.1, 0.15) is 36.2 Å². The number of halogens is 1. The summed E-state index contributed by atoms with van der Waals surface area (Å²) in [6.45, 7) is 6.04. The first-order valence-electron chi connectivity index (χ1n) is 14.8. The fourth-order valence-electron chi connectivity index (χ4n) is 6.16. The second-order valence-corrected chi connectivity index (χ2v) is 13.6. The minimum absolute atomic E-state index is 0.0849. The van der Waals surface area contributed by atoms with Crippen LogP contribution in [-0.2, 0) is 9.59 Å². The SMILES string of the molecule is CCN1CCN(c2cc3c(cc2F)c(=O)c(C(=O)NC2C(=O)N4C(C(=O)O)=C(CSc5cnn[nH]5)CS[C@@H]24)cn3C2CC2)CC1. The predicted molar refractivity (Wildman–Crippen MR) is 167 cm³/mol. The van der Waals surface area contributed by atoms with Crippen molar-refractivity contribution in [3.05, 3.63) is 57.4 Å². The molecular formula is C29H31FN8O5S2. The molecule has 7 rings (SSSR count). The van der Waals surface area contributed by atoms with Gasteiger partial charge in [0.1, 0.15) is 33.5 Å². The lowest BCUT2D eigenvalue weighted by atomic mass is 10.0. The summed E-state index contributed by atoms with van der Waals surface area (Å²) in [5.74, 6) is -2.39. The Labute approximate surface area is 265 Å². The van der Waals surface area contributed by atoms with E-state index in [1.807, 2.05) is 9.47 Å². The van der Waals surface area contributed by atoms with Crippen LogP contribution in [0.2, 0.25) is 0 Å². The predicted octanol–water partition coefficient (Wildman–Crippen LogP) is 1.88. The van der Waals surface area contributed by atoms with Crippen LogP contribution in [0.25, 0.3) is 10.9 Å². The number of carboxylic acids is 1. The number of carbonyl (C=O) groups is 3. The lowest BCUT2D eigenvalue weighted by Crippen LogP contribution is -2.70. The maximum Gasteiger partial charge on any atom is 0.352 e. The molecule has 4 aliphatic rings. The van der Waals surface area contributed by atoms with E-state index in [-0.39, 0.29) is 22.7 Å². The van der Waals surface area contributed by atoms with Crippen molar-refractivity contribution in [2.45, 2.75) is 42.2 Å². The summed E-state index contributed by atoms with van der Waals surface area (Å²) in [5.41, 5.74) is 0.703. The summed E-state index contributed by atoms with van der Waals surface area (Å²) in [6, 6.07) is 2.03. The van der Waals surface area contributed by atoms with Gasteiger partial charge in [-0.1, -0.05) is 12.1 Å². The molecule has 0 bridgehead atoms. The fraction of sp³-hybridized carbons (Fsp3) is 0.448. The first-order valence-corrected chi connectivity index (χ1v) is 16.8. The number of carbonyl (C=O) groups excluding carboxylic acids is 2. The number of nitrogens with zero attached hydrogens (tertiary/aromatic N) is 6. The number of aliphatic carboxylic acids is 1. The smallest absolute Gasteiger partial charge is 0.352 e. The number of benzene rings is 1. The van der Waals surface area contributed by atoms with Crippen LogP contribution in [0.3, 0.4) is 0 Å². The number of hydrogen-bond donors (Lipinski definition) is 3. The van der Waals surface area contributed by atoms with Gasteiger partial charge >= 0.3 is 5.97 Å². The van der Waals surface area contributed by atoms with Gasteiger partial charge in [0.2, 0.25) is 5.43 Å². The van der Waals surface area contributed by atoms with Gasteiger partial charge < -0.3 is 24.8 Å². The summed E-state index contributed by atoms with van der Waals surface area (Å²) in [7, 11) is 0. The molecule has 2 saturated heterocycles. The molecule has 3 aromatic rings. The molecule has 2 atom stereocenters. The second kappa shape index (κ2) is 11.8. The average Bonchev–Trinajstić information content (AvgIpc) is 3.75. The van der Waals surface area contributed by atoms with Gasteiger partial charge in [-0.05, 0) is 37.1 Å². The van der Waals surface area contributed by atoms with Gasteiger partial charge in [0.25, 0.3) is 11.8 Å². The van der Waals surface area contributed by atoms with Crippen molar-refractivity contribution in [1.82, 2.24) is 35.1 Å². The van der Waals surface area contributed by atoms with E-state index >= 15 is 4.39 Å². The summed E-state index contributed by atoms with van der Waals surface area (Å²) in [4.78, 5) is 58.1. The number of fused-ring (bicyclic) bond motifs is 2. The number of anilines is 1. The second-order valence-electron chi connectivity index (χ2n) is 11.5. The molecule has 2 aromatic heterocycles. The number of likely N-dealkylation sites (N-methyl/N-ethyl adjacent to an activating group) is 1. The third kappa shape index (κ3) is 5.37. The zero-order valence-corrected chi connectivity index (χ0v) is 26.0. The molecule has 236 valence electrons. The molecule has 2 amide bonds. The Morgan fingerprint density at radius 3 is 2.64 bits per heavy atom. The molecule has 1 unspecified atom stereocenters. The number of thioether (sulfide) groups is 2. The summed E-state index contributed by atoms with van der Waals surface area (Å²) in [5, 5.41) is 22.8. The molecule has 5 heterocycles. The highest BCUT2D eigenvalue weighted by Crippen LogP contribution is 2.42. The quantitative estimate of drug-likeness (QED) is 0.229. The summed E-state index contributed by atoms with van der Waals surface area (Å²) in [6.07, 6.45) is 4.79. The van der Waals surface area contributed by atoms with E-state index in [2.05, 4.69) is 32.6 Å². The molecule has 1 saturated carbocycles. The number of carboxylic acid groups (broad SMARTS) is 1. The maximum absolute atomic E-state index is 15.5. The number of aromatic amines is 1. The Hall–Kier alpha value is -3.89. The number of aromatic nitrogens is 4. The monoisotopic (exact) mass is 654 g/mol. The molecule has 3 aliphatic heterocycles. The van der Waals surface area contributed by atoms with Crippen LogP contribution < -0.4 is 15.6 Å². The van der Waals surface area contributed by atoms with Gasteiger partial charge in [-0.2, -0.15) is 0 Å². The lowest BCUT2D eigenvalue weighted by molar-refractivity contribution is -0.148. The van der Waals surface area contributed by atoms with Crippen LogP contribution in [-0.4, -0.2) is 108 Å². The lowest BCUT2D eigenvalue weighted by Gasteiger charge is -2.49. The van der Waals surface area contributed by atoms with E-state index in [1.165, 1.54) is 46.9 Å². The van der Waals surface area contributed by atoms with Crippen molar-refractivity contribution in [2.75, 3.05) is 49.1 Å². The highest BCUT2D eigenvalue weighted by molar-refractivity contribution is 8.01. The van der Waals surface area contributed by atoms with Crippen LogP contribution in [0.5, 0.6) is 0 Å². The summed E-state index contributed by atoms with van der Waals surface area (Å²) < 4.78 is 17.4. The Morgan fingerprint density at radius 2 is 1.98 bits per heavy atom. The minimum Gasteiger partial charge on any atom is -0.477 e. The Bertz CT molecular complexity index is 1780. The molecular weight excluding hydrogens is 624 g/mol. The number of H-pyrrole nitrogens is 1. The van der Waals surface area contributed by atoms with Crippen molar-refractivity contribution in [3.8, 4) is 0 Å². The van der Waals surface area contributed by atoms with Crippen molar-refractivity contribution in [3.63, 3.8) is 0 Å². The first kappa shape index (κ1) is 29.8. The fourth-order valence-corrected chi connectivity index (χ4v) is 8.43. The topological polar surface area (TPSA) is 157 Å². The van der Waals surface area contributed by atoms with Crippen LogP contribution in [0.4, 0.5) is 10.1 Å². The molecule has 1 aliphatic carbocycles. The van der Waals surface area contributed by atoms with E-state index in [4.69, 9.17) is 0 Å². The van der Waals surface area contributed by atoms with Crippen molar-refractivity contribution < 1.29 is 23.9 Å². The maximum atomic E-state index is 15.5. The van der Waals surface area contributed by atoms with Crippen molar-refractivity contribution in [2.24, 2.45) is 0 Å². The highest BCUT2D eigenvalue weighted by atomic mass is 32.2. The van der Waals surface area contributed by atoms with Gasteiger partial charge in [0, 0.05) is 55.3 Å². The molecule has 16 heteroatoms. The van der Waals surface area contributed by atoms with Gasteiger partial charge in [0.15, 0.2) is 0 Å². The van der Waals surface area contributed by atoms with E-state index in [1.54, 1.807) is 6.07 Å². The van der Waals surface area contributed by atoms with E-state index in [0.29, 0.717) is 46.4 Å². The standard InChI is InChI=1S/C29H31FN8O5S2/c1-2-35-5-7-36(8-6-35)21-10-20-17(9-19(21)30)25(39)18(12-37(20)16-3-4-16)26(40)32-23-27(41)38-24(29(42)43)15(14-45-28(23)38)13-44-22-11-31-34-33-22/h9-12,16,23,28H,2-8,13-14H2,1H3,(H,32,40)(H,42,43)(H,31,33,34)/t23?,28-/m0/s1. The third-order valence-corrected chi connectivity index (χ3v) is 11.1. The molecule has 0 spiro atoms. The third-order valence-electron chi connectivity index (χ3n) is 8.78. The Morgan fingerprint density at radius 1 is 1.20 bits per heavy atom. The molecule has 3 fully saturated rings. The van der Waals surface area contributed by atoms with Crippen LogP contribution in [0.15, 0.2) is 45.6 Å².